The number of sulfonamides is 1. The number of benzene rings is 2. The molecule has 0 fully saturated rings. The van der Waals surface area contributed by atoms with Crippen LogP contribution in [0.25, 0.3) is 22.0 Å². The van der Waals surface area contributed by atoms with Crippen molar-refractivity contribution in [1.29, 1.82) is 0 Å². The molecule has 4 rings (SSSR count). The monoisotopic (exact) mass is 471 g/mol. The molecule has 0 unspecified atom stereocenters. The topological polar surface area (TPSA) is 121 Å². The molecule has 0 saturated carbocycles. The maximum atomic E-state index is 12.5. The summed E-state index contributed by atoms with van der Waals surface area (Å²) in [6.07, 6.45) is 2.52. The minimum absolute atomic E-state index is 0.0690. The van der Waals surface area contributed by atoms with Gasteiger partial charge >= 0.3 is 5.97 Å². The number of aromatic carboxylic acids is 1. The SMILES string of the molecule is CS(=O)(=O)Nc1cccc(Cn2c(C(=O)O)c(-c3ccc[nH]c3=O)c3cc(Cl)ccc32)c1. The van der Waals surface area contributed by atoms with E-state index in [9.17, 15) is 23.1 Å². The lowest BCUT2D eigenvalue weighted by Crippen LogP contribution is -2.14. The summed E-state index contributed by atoms with van der Waals surface area (Å²) in [4.78, 5) is 27.5. The second-order valence-corrected chi connectivity index (χ2v) is 9.45. The zero-order valence-electron chi connectivity index (χ0n) is 16.8. The van der Waals surface area contributed by atoms with Crippen molar-refractivity contribution in [3.63, 3.8) is 0 Å². The second kappa shape index (κ2) is 8.18. The average Bonchev–Trinajstić information content (AvgIpc) is 3.00. The Balaban J connectivity index is 1.96. The molecule has 0 spiro atoms. The zero-order valence-corrected chi connectivity index (χ0v) is 18.4. The molecule has 2 aromatic carbocycles. The normalized spacial score (nSPS) is 11.6. The number of carbonyl (C=O) groups is 1. The fourth-order valence-corrected chi connectivity index (χ4v) is 4.46. The van der Waals surface area contributed by atoms with Crippen LogP contribution < -0.4 is 10.3 Å². The van der Waals surface area contributed by atoms with E-state index < -0.39 is 21.6 Å². The first-order valence-electron chi connectivity index (χ1n) is 9.44. The highest BCUT2D eigenvalue weighted by Crippen LogP contribution is 2.36. The lowest BCUT2D eigenvalue weighted by atomic mass is 10.0. The summed E-state index contributed by atoms with van der Waals surface area (Å²) >= 11 is 6.19. The molecule has 4 aromatic rings. The summed E-state index contributed by atoms with van der Waals surface area (Å²) in [5.74, 6) is -1.21. The highest BCUT2D eigenvalue weighted by molar-refractivity contribution is 7.92. The van der Waals surface area contributed by atoms with E-state index in [-0.39, 0.29) is 23.4 Å². The molecule has 32 heavy (non-hydrogen) atoms. The van der Waals surface area contributed by atoms with E-state index in [1.165, 1.54) is 6.20 Å². The molecule has 3 N–H and O–H groups in total. The van der Waals surface area contributed by atoms with Gasteiger partial charge in [-0.05, 0) is 48.0 Å². The molecule has 0 radical (unpaired) electrons. The number of carboxylic acids is 1. The van der Waals surface area contributed by atoms with Gasteiger partial charge in [-0.1, -0.05) is 23.7 Å². The van der Waals surface area contributed by atoms with Gasteiger partial charge in [-0.25, -0.2) is 13.2 Å². The number of aromatic nitrogens is 2. The molecular weight excluding hydrogens is 454 g/mol. The van der Waals surface area contributed by atoms with Crippen molar-refractivity contribution in [2.45, 2.75) is 6.54 Å². The Morgan fingerprint density at radius 3 is 2.62 bits per heavy atom. The van der Waals surface area contributed by atoms with E-state index in [0.29, 0.717) is 27.2 Å². The molecule has 0 aliphatic rings. The molecule has 10 heteroatoms. The second-order valence-electron chi connectivity index (χ2n) is 7.26. The maximum absolute atomic E-state index is 12.5. The molecule has 0 aliphatic carbocycles. The van der Waals surface area contributed by atoms with Crippen molar-refractivity contribution >= 4 is 44.2 Å². The van der Waals surface area contributed by atoms with Gasteiger partial charge in [-0.15, -0.1) is 0 Å². The van der Waals surface area contributed by atoms with Gasteiger partial charge in [-0.2, -0.15) is 0 Å². The number of aromatic amines is 1. The van der Waals surface area contributed by atoms with Crippen molar-refractivity contribution in [1.82, 2.24) is 9.55 Å². The first-order valence-corrected chi connectivity index (χ1v) is 11.7. The quantitative estimate of drug-likeness (QED) is 0.395. The maximum Gasteiger partial charge on any atom is 0.353 e. The summed E-state index contributed by atoms with van der Waals surface area (Å²) in [5, 5.41) is 11.0. The van der Waals surface area contributed by atoms with Gasteiger partial charge < -0.3 is 14.7 Å². The van der Waals surface area contributed by atoms with Crippen LogP contribution in [0.3, 0.4) is 0 Å². The van der Waals surface area contributed by atoms with Crippen molar-refractivity contribution in [2.75, 3.05) is 11.0 Å². The lowest BCUT2D eigenvalue weighted by molar-refractivity contribution is 0.0687. The van der Waals surface area contributed by atoms with Gasteiger partial charge in [0.15, 0.2) is 0 Å². The number of nitrogens with one attached hydrogen (secondary N) is 2. The standard InChI is InChI=1S/C22H18ClN3O5S/c1-32(30,31)25-15-5-2-4-13(10-15)12-26-18-8-7-14(23)11-17(18)19(20(26)22(28)29)16-6-3-9-24-21(16)27/h2-11,25H,12H2,1H3,(H,24,27)(H,28,29). The highest BCUT2D eigenvalue weighted by Gasteiger charge is 2.25. The van der Waals surface area contributed by atoms with Crippen LogP contribution >= 0.6 is 11.6 Å². The first-order chi connectivity index (χ1) is 15.1. The zero-order chi connectivity index (χ0) is 23.0. The third-order valence-corrected chi connectivity index (χ3v) is 5.73. The molecule has 8 nitrogen and oxygen atoms in total. The van der Waals surface area contributed by atoms with E-state index in [4.69, 9.17) is 11.6 Å². The number of hydrogen-bond acceptors (Lipinski definition) is 4. The summed E-state index contributed by atoms with van der Waals surface area (Å²) in [6, 6.07) is 14.8. The van der Waals surface area contributed by atoms with Gasteiger partial charge in [0.25, 0.3) is 5.56 Å². The third-order valence-electron chi connectivity index (χ3n) is 4.89. The predicted molar refractivity (Wildman–Crippen MR) is 124 cm³/mol. The van der Waals surface area contributed by atoms with E-state index in [1.54, 1.807) is 59.2 Å². The van der Waals surface area contributed by atoms with E-state index in [2.05, 4.69) is 9.71 Å². The van der Waals surface area contributed by atoms with Crippen LogP contribution in [-0.4, -0.2) is 35.3 Å². The lowest BCUT2D eigenvalue weighted by Gasteiger charge is -2.11. The highest BCUT2D eigenvalue weighted by atomic mass is 35.5. The minimum atomic E-state index is -3.47. The number of rotatable bonds is 6. The third kappa shape index (κ3) is 4.25. The molecule has 0 bridgehead atoms. The Kier molecular flexibility index (Phi) is 5.53. The van der Waals surface area contributed by atoms with Gasteiger partial charge in [-0.3, -0.25) is 9.52 Å². The molecule has 0 atom stereocenters. The molecule has 0 saturated heterocycles. The van der Waals surface area contributed by atoms with Crippen LogP contribution in [0.5, 0.6) is 0 Å². The summed E-state index contributed by atoms with van der Waals surface area (Å²) < 4.78 is 27.1. The smallest absolute Gasteiger partial charge is 0.353 e. The number of halogens is 1. The molecular formula is C22H18ClN3O5S. The van der Waals surface area contributed by atoms with Gasteiger partial charge in [0.1, 0.15) is 5.69 Å². The van der Waals surface area contributed by atoms with Crippen molar-refractivity contribution in [3.05, 3.63) is 87.4 Å². The summed E-state index contributed by atoms with van der Waals surface area (Å²) in [7, 11) is -3.47. The summed E-state index contributed by atoms with van der Waals surface area (Å²) in [6.45, 7) is 0.129. The Morgan fingerprint density at radius 2 is 1.94 bits per heavy atom. The number of hydrogen-bond donors (Lipinski definition) is 3. The van der Waals surface area contributed by atoms with E-state index >= 15 is 0 Å². The Bertz CT molecular complexity index is 1520. The first kappa shape index (κ1) is 21.7. The predicted octanol–water partition coefficient (Wildman–Crippen LogP) is 3.77. The number of H-pyrrole nitrogens is 1. The number of pyridine rings is 1. The van der Waals surface area contributed by atoms with Crippen LogP contribution in [0.2, 0.25) is 5.02 Å². The van der Waals surface area contributed by atoms with Crippen LogP contribution in [-0.2, 0) is 16.6 Å². The van der Waals surface area contributed by atoms with Crippen molar-refractivity contribution in [2.24, 2.45) is 0 Å². The summed E-state index contributed by atoms with van der Waals surface area (Å²) in [5.41, 5.74) is 1.59. The fraction of sp³-hybridized carbons (Fsp3) is 0.0909. The molecule has 0 amide bonds. The average molecular weight is 472 g/mol. The van der Waals surface area contributed by atoms with Crippen LogP contribution in [0.15, 0.2) is 65.6 Å². The van der Waals surface area contributed by atoms with Gasteiger partial charge in [0.2, 0.25) is 10.0 Å². The molecule has 2 aromatic heterocycles. The number of fused-ring (bicyclic) bond motifs is 1. The molecule has 2 heterocycles. The fourth-order valence-electron chi connectivity index (χ4n) is 3.73. The molecule has 164 valence electrons. The Hall–Kier alpha value is -3.56. The largest absolute Gasteiger partial charge is 0.477 e. The minimum Gasteiger partial charge on any atom is -0.477 e. The van der Waals surface area contributed by atoms with Gasteiger partial charge in [0, 0.05) is 45.5 Å². The Labute approximate surface area is 188 Å². The number of nitrogens with zero attached hydrogens (tertiary/aromatic N) is 1. The van der Waals surface area contributed by atoms with E-state index in [0.717, 1.165) is 6.26 Å². The van der Waals surface area contributed by atoms with E-state index in [1.807, 2.05) is 0 Å². The van der Waals surface area contributed by atoms with Crippen LogP contribution in [0.4, 0.5) is 5.69 Å². The van der Waals surface area contributed by atoms with Crippen molar-refractivity contribution < 1.29 is 18.3 Å². The van der Waals surface area contributed by atoms with Crippen LogP contribution in [0, 0.1) is 0 Å². The molecule has 0 aliphatic heterocycles. The van der Waals surface area contributed by atoms with Gasteiger partial charge in [0.05, 0.1) is 6.26 Å². The van der Waals surface area contributed by atoms with Crippen molar-refractivity contribution in [3.8, 4) is 11.1 Å². The Morgan fingerprint density at radius 1 is 1.16 bits per heavy atom. The number of anilines is 1. The number of carboxylic acid groups (broad SMARTS) is 1. The van der Waals surface area contributed by atoms with Crippen LogP contribution in [0.1, 0.15) is 16.1 Å².